The van der Waals surface area contributed by atoms with E-state index in [0.717, 1.165) is 39.0 Å². The largest absolute Gasteiger partial charge is 0.342 e. The Hall–Kier alpha value is -1.06. The number of rotatable bonds is 2. The SMILES string of the molecule is Cl.O=C(C1CCC(c2ccccc2)CC1)N1C[C@H]2CNC[C@H]2C1. The molecule has 3 aliphatic rings. The van der Waals surface area contributed by atoms with Gasteiger partial charge in [-0.15, -0.1) is 12.4 Å². The van der Waals surface area contributed by atoms with Gasteiger partial charge in [-0.1, -0.05) is 30.3 Å². The molecule has 0 spiro atoms. The average Bonchev–Trinajstić information content (AvgIpc) is 3.17. The quantitative estimate of drug-likeness (QED) is 0.901. The zero-order chi connectivity index (χ0) is 14.9. The van der Waals surface area contributed by atoms with Gasteiger partial charge in [-0.2, -0.15) is 0 Å². The van der Waals surface area contributed by atoms with Gasteiger partial charge in [0.15, 0.2) is 0 Å². The van der Waals surface area contributed by atoms with Crippen molar-refractivity contribution in [1.82, 2.24) is 10.2 Å². The van der Waals surface area contributed by atoms with Crippen LogP contribution in [0.4, 0.5) is 0 Å². The third-order valence-electron chi connectivity index (χ3n) is 6.05. The van der Waals surface area contributed by atoms with E-state index in [-0.39, 0.29) is 18.3 Å². The summed E-state index contributed by atoms with van der Waals surface area (Å²) >= 11 is 0. The van der Waals surface area contributed by atoms with Crippen LogP contribution in [-0.4, -0.2) is 37.0 Å². The van der Waals surface area contributed by atoms with Crippen molar-refractivity contribution in [2.75, 3.05) is 26.2 Å². The number of nitrogens with zero attached hydrogens (tertiary/aromatic N) is 1. The zero-order valence-electron chi connectivity index (χ0n) is 13.6. The number of fused-ring (bicyclic) bond motifs is 1. The third-order valence-corrected chi connectivity index (χ3v) is 6.05. The molecule has 0 radical (unpaired) electrons. The van der Waals surface area contributed by atoms with E-state index in [4.69, 9.17) is 0 Å². The van der Waals surface area contributed by atoms with E-state index in [1.165, 1.54) is 18.4 Å². The van der Waals surface area contributed by atoms with Crippen molar-refractivity contribution in [2.45, 2.75) is 31.6 Å². The number of amides is 1. The summed E-state index contributed by atoms with van der Waals surface area (Å²) in [6, 6.07) is 10.8. The van der Waals surface area contributed by atoms with E-state index in [1.807, 2.05) is 0 Å². The minimum Gasteiger partial charge on any atom is -0.342 e. The Labute approximate surface area is 145 Å². The molecule has 2 saturated heterocycles. The molecule has 4 heteroatoms. The maximum atomic E-state index is 12.8. The second-order valence-corrected chi connectivity index (χ2v) is 7.38. The van der Waals surface area contributed by atoms with Crippen LogP contribution in [0.3, 0.4) is 0 Å². The summed E-state index contributed by atoms with van der Waals surface area (Å²) in [5.41, 5.74) is 1.45. The molecule has 4 rings (SSSR count). The summed E-state index contributed by atoms with van der Waals surface area (Å²) in [5, 5.41) is 3.45. The summed E-state index contributed by atoms with van der Waals surface area (Å²) in [5.74, 6) is 2.81. The van der Waals surface area contributed by atoms with Gasteiger partial charge in [0.25, 0.3) is 0 Å². The monoisotopic (exact) mass is 334 g/mol. The maximum Gasteiger partial charge on any atom is 0.225 e. The highest BCUT2D eigenvalue weighted by atomic mass is 35.5. The number of carbonyl (C=O) groups excluding carboxylic acids is 1. The van der Waals surface area contributed by atoms with E-state index in [1.54, 1.807) is 0 Å². The summed E-state index contributed by atoms with van der Waals surface area (Å²) in [7, 11) is 0. The lowest BCUT2D eigenvalue weighted by Gasteiger charge is -2.31. The van der Waals surface area contributed by atoms with Crippen molar-refractivity contribution in [3.05, 3.63) is 35.9 Å². The van der Waals surface area contributed by atoms with Crippen LogP contribution in [0, 0.1) is 17.8 Å². The molecule has 1 saturated carbocycles. The first-order chi connectivity index (χ1) is 10.8. The van der Waals surface area contributed by atoms with Gasteiger partial charge in [-0.05, 0) is 49.0 Å². The van der Waals surface area contributed by atoms with Crippen LogP contribution >= 0.6 is 12.4 Å². The van der Waals surface area contributed by atoms with E-state index < -0.39 is 0 Å². The predicted octanol–water partition coefficient (Wildman–Crippen LogP) is 3.06. The summed E-state index contributed by atoms with van der Waals surface area (Å²) in [6.45, 7) is 4.20. The van der Waals surface area contributed by atoms with Crippen molar-refractivity contribution >= 4 is 18.3 Å². The molecule has 23 heavy (non-hydrogen) atoms. The highest BCUT2D eigenvalue weighted by molar-refractivity contribution is 5.85. The molecule has 1 aromatic carbocycles. The number of hydrogen-bond acceptors (Lipinski definition) is 2. The van der Waals surface area contributed by atoms with Gasteiger partial charge in [0, 0.05) is 32.1 Å². The number of nitrogens with one attached hydrogen (secondary N) is 1. The molecule has 3 fully saturated rings. The lowest BCUT2D eigenvalue weighted by atomic mass is 9.78. The molecule has 126 valence electrons. The van der Waals surface area contributed by atoms with Gasteiger partial charge in [-0.3, -0.25) is 4.79 Å². The fourth-order valence-corrected chi connectivity index (χ4v) is 4.69. The van der Waals surface area contributed by atoms with E-state index >= 15 is 0 Å². The van der Waals surface area contributed by atoms with Gasteiger partial charge < -0.3 is 10.2 Å². The fourth-order valence-electron chi connectivity index (χ4n) is 4.69. The highest BCUT2D eigenvalue weighted by Gasteiger charge is 2.40. The Morgan fingerprint density at radius 1 is 0.957 bits per heavy atom. The molecule has 1 aromatic rings. The van der Waals surface area contributed by atoms with Crippen LogP contribution in [0.1, 0.15) is 37.2 Å². The Kier molecular flexibility index (Phi) is 5.27. The van der Waals surface area contributed by atoms with Crippen LogP contribution in [0.15, 0.2) is 30.3 Å². The predicted molar refractivity (Wildman–Crippen MR) is 94.8 cm³/mol. The number of hydrogen-bond donors (Lipinski definition) is 1. The first kappa shape index (κ1) is 16.8. The zero-order valence-corrected chi connectivity index (χ0v) is 14.4. The molecular formula is C19H27ClN2O. The molecule has 0 bridgehead atoms. The smallest absolute Gasteiger partial charge is 0.225 e. The van der Waals surface area contributed by atoms with E-state index in [2.05, 4.69) is 40.5 Å². The van der Waals surface area contributed by atoms with Crippen LogP contribution in [-0.2, 0) is 4.79 Å². The van der Waals surface area contributed by atoms with Crippen molar-refractivity contribution < 1.29 is 4.79 Å². The van der Waals surface area contributed by atoms with Crippen LogP contribution in [0.2, 0.25) is 0 Å². The standard InChI is InChI=1S/C19H26N2O.ClH/c22-19(21-12-17-10-20-11-18(17)13-21)16-8-6-15(7-9-16)14-4-2-1-3-5-14;/h1-5,15-18,20H,6-13H2;1H/t15?,16?,17-,18+;. The lowest BCUT2D eigenvalue weighted by Crippen LogP contribution is -2.37. The topological polar surface area (TPSA) is 32.3 Å². The number of carbonyl (C=O) groups is 1. The number of halogens is 1. The minimum absolute atomic E-state index is 0. The minimum atomic E-state index is 0. The van der Waals surface area contributed by atoms with Crippen LogP contribution < -0.4 is 5.32 Å². The van der Waals surface area contributed by atoms with Gasteiger partial charge in [0.2, 0.25) is 5.91 Å². The molecule has 3 nitrogen and oxygen atoms in total. The molecule has 1 amide bonds. The molecule has 1 aliphatic carbocycles. The first-order valence-electron chi connectivity index (χ1n) is 8.85. The van der Waals surface area contributed by atoms with Gasteiger partial charge in [-0.25, -0.2) is 0 Å². The number of likely N-dealkylation sites (tertiary alicyclic amines) is 1. The molecular weight excluding hydrogens is 308 g/mol. The second-order valence-electron chi connectivity index (χ2n) is 7.38. The maximum absolute atomic E-state index is 12.8. The Morgan fingerprint density at radius 3 is 2.17 bits per heavy atom. The van der Waals surface area contributed by atoms with Crippen molar-refractivity contribution in [1.29, 1.82) is 0 Å². The molecule has 0 aromatic heterocycles. The summed E-state index contributed by atoms with van der Waals surface area (Å²) in [4.78, 5) is 15.0. The van der Waals surface area contributed by atoms with Crippen molar-refractivity contribution in [2.24, 2.45) is 17.8 Å². The van der Waals surface area contributed by atoms with Gasteiger partial charge in [0.1, 0.15) is 0 Å². The van der Waals surface area contributed by atoms with Gasteiger partial charge in [0.05, 0.1) is 0 Å². The Balaban J connectivity index is 0.00000156. The Morgan fingerprint density at radius 2 is 1.57 bits per heavy atom. The third kappa shape index (κ3) is 3.41. The number of benzene rings is 1. The van der Waals surface area contributed by atoms with E-state index in [0.29, 0.717) is 23.7 Å². The molecule has 2 aliphatic heterocycles. The average molecular weight is 335 g/mol. The summed E-state index contributed by atoms with van der Waals surface area (Å²) in [6.07, 6.45) is 4.48. The molecule has 2 heterocycles. The lowest BCUT2D eigenvalue weighted by molar-refractivity contribution is -0.135. The molecule has 0 unspecified atom stereocenters. The second kappa shape index (κ2) is 7.23. The van der Waals surface area contributed by atoms with Crippen molar-refractivity contribution in [3.63, 3.8) is 0 Å². The van der Waals surface area contributed by atoms with E-state index in [9.17, 15) is 4.79 Å². The molecule has 1 N–H and O–H groups in total. The normalized spacial score (nSPS) is 33.1. The van der Waals surface area contributed by atoms with Crippen LogP contribution in [0.5, 0.6) is 0 Å². The van der Waals surface area contributed by atoms with Crippen molar-refractivity contribution in [3.8, 4) is 0 Å². The Bertz CT molecular complexity index is 515. The highest BCUT2D eigenvalue weighted by Crippen LogP contribution is 2.37. The van der Waals surface area contributed by atoms with Gasteiger partial charge >= 0.3 is 0 Å². The first-order valence-corrected chi connectivity index (χ1v) is 8.85. The molecule has 2 atom stereocenters. The fraction of sp³-hybridized carbons (Fsp3) is 0.632. The summed E-state index contributed by atoms with van der Waals surface area (Å²) < 4.78 is 0. The van der Waals surface area contributed by atoms with Crippen LogP contribution in [0.25, 0.3) is 0 Å².